The van der Waals surface area contributed by atoms with Crippen LogP contribution in [0.1, 0.15) is 36.5 Å². The van der Waals surface area contributed by atoms with Crippen molar-refractivity contribution in [2.75, 3.05) is 12.9 Å². The number of nitro benzene ring substituents is 1. The zero-order valence-electron chi connectivity index (χ0n) is 11.0. The molecule has 5 nitrogen and oxygen atoms in total. The van der Waals surface area contributed by atoms with E-state index in [1.54, 1.807) is 0 Å². The molecule has 1 rings (SSSR count). The average molecular weight is 283 g/mol. The van der Waals surface area contributed by atoms with E-state index in [1.165, 1.54) is 37.1 Å². The van der Waals surface area contributed by atoms with Gasteiger partial charge in [-0.25, -0.2) is 4.79 Å². The van der Waals surface area contributed by atoms with E-state index < -0.39 is 10.9 Å². The highest BCUT2D eigenvalue weighted by Gasteiger charge is 2.17. The van der Waals surface area contributed by atoms with Crippen molar-refractivity contribution in [3.05, 3.63) is 33.9 Å². The third-order valence-corrected chi connectivity index (χ3v) is 3.71. The van der Waals surface area contributed by atoms with Crippen LogP contribution in [0.5, 0.6) is 0 Å². The van der Waals surface area contributed by atoms with Gasteiger partial charge in [0, 0.05) is 6.07 Å². The summed E-state index contributed by atoms with van der Waals surface area (Å²) in [6.07, 6.45) is 3.20. The molecule has 1 aromatic carbocycles. The molecule has 0 aliphatic heterocycles. The van der Waals surface area contributed by atoms with Crippen LogP contribution in [0.2, 0.25) is 0 Å². The van der Waals surface area contributed by atoms with Crippen molar-refractivity contribution in [3.8, 4) is 0 Å². The van der Waals surface area contributed by atoms with Crippen molar-refractivity contribution >= 4 is 23.4 Å². The molecule has 0 N–H and O–H groups in total. The van der Waals surface area contributed by atoms with Crippen molar-refractivity contribution < 1.29 is 14.5 Å². The van der Waals surface area contributed by atoms with E-state index in [0.29, 0.717) is 10.5 Å². The van der Waals surface area contributed by atoms with Crippen molar-refractivity contribution in [2.45, 2.75) is 31.1 Å². The first-order valence-electron chi connectivity index (χ1n) is 6.09. The maximum atomic E-state index is 11.4. The number of benzene rings is 1. The summed E-state index contributed by atoms with van der Waals surface area (Å²) in [7, 11) is 1.29. The normalized spacial score (nSPS) is 10.2. The smallest absolute Gasteiger partial charge is 0.337 e. The van der Waals surface area contributed by atoms with E-state index in [9.17, 15) is 14.9 Å². The second-order valence-electron chi connectivity index (χ2n) is 3.99. The van der Waals surface area contributed by atoms with Crippen molar-refractivity contribution in [3.63, 3.8) is 0 Å². The summed E-state index contributed by atoms with van der Waals surface area (Å²) in [5.74, 6) is 0.324. The molecule has 104 valence electrons. The summed E-state index contributed by atoms with van der Waals surface area (Å²) in [6, 6.07) is 4.30. The van der Waals surface area contributed by atoms with Crippen LogP contribution in [0.15, 0.2) is 23.1 Å². The molecule has 0 aliphatic carbocycles. The van der Waals surface area contributed by atoms with E-state index in [0.717, 1.165) is 25.0 Å². The molecule has 19 heavy (non-hydrogen) atoms. The Morgan fingerprint density at radius 2 is 2.16 bits per heavy atom. The Balaban J connectivity index is 2.89. The molecule has 1 aromatic rings. The first kappa shape index (κ1) is 15.5. The standard InChI is InChI=1S/C13H17NO4S/c1-3-4-5-8-19-12-9-10(13(15)18-2)6-7-11(12)14(16)17/h6-7,9H,3-5,8H2,1-2H3. The molecule has 0 atom stereocenters. The summed E-state index contributed by atoms with van der Waals surface area (Å²) in [5.41, 5.74) is 0.375. The lowest BCUT2D eigenvalue weighted by molar-refractivity contribution is -0.387. The number of nitro groups is 1. The highest BCUT2D eigenvalue weighted by Crippen LogP contribution is 2.31. The van der Waals surface area contributed by atoms with Crippen LogP contribution in [0.4, 0.5) is 5.69 Å². The minimum atomic E-state index is -0.481. The lowest BCUT2D eigenvalue weighted by Crippen LogP contribution is -2.02. The molecular weight excluding hydrogens is 266 g/mol. The minimum Gasteiger partial charge on any atom is -0.465 e. The lowest BCUT2D eigenvalue weighted by atomic mass is 10.2. The van der Waals surface area contributed by atoms with Crippen LogP contribution in [-0.2, 0) is 4.74 Å². The zero-order valence-corrected chi connectivity index (χ0v) is 11.9. The van der Waals surface area contributed by atoms with Gasteiger partial charge in [-0.3, -0.25) is 10.1 Å². The van der Waals surface area contributed by atoms with E-state index in [-0.39, 0.29) is 5.69 Å². The summed E-state index contributed by atoms with van der Waals surface area (Å²) in [6.45, 7) is 2.10. The van der Waals surface area contributed by atoms with E-state index >= 15 is 0 Å². The molecule has 0 bridgehead atoms. The first-order valence-corrected chi connectivity index (χ1v) is 7.08. The van der Waals surface area contributed by atoms with Crippen LogP contribution in [0, 0.1) is 10.1 Å². The fraction of sp³-hybridized carbons (Fsp3) is 0.462. The van der Waals surface area contributed by atoms with Gasteiger partial charge in [-0.2, -0.15) is 0 Å². The second kappa shape index (κ2) is 7.78. The summed E-state index contributed by atoms with van der Waals surface area (Å²) in [5, 5.41) is 10.9. The predicted octanol–water partition coefficient (Wildman–Crippen LogP) is 3.66. The fourth-order valence-electron chi connectivity index (χ4n) is 1.56. The SMILES string of the molecule is CCCCCSc1cc(C(=O)OC)ccc1[N+](=O)[O-]. The highest BCUT2D eigenvalue weighted by molar-refractivity contribution is 7.99. The van der Waals surface area contributed by atoms with E-state index in [4.69, 9.17) is 0 Å². The predicted molar refractivity (Wildman–Crippen MR) is 74.7 cm³/mol. The van der Waals surface area contributed by atoms with Gasteiger partial charge in [-0.05, 0) is 24.3 Å². The molecule has 0 spiro atoms. The Morgan fingerprint density at radius 1 is 1.42 bits per heavy atom. The minimum absolute atomic E-state index is 0.0363. The first-order chi connectivity index (χ1) is 9.10. The largest absolute Gasteiger partial charge is 0.465 e. The second-order valence-corrected chi connectivity index (χ2v) is 5.12. The summed E-state index contributed by atoms with van der Waals surface area (Å²) >= 11 is 1.41. The van der Waals surface area contributed by atoms with Gasteiger partial charge >= 0.3 is 5.97 Å². The average Bonchev–Trinajstić information content (AvgIpc) is 2.42. The monoisotopic (exact) mass is 283 g/mol. The Hall–Kier alpha value is -1.56. The van der Waals surface area contributed by atoms with Crippen molar-refractivity contribution in [1.82, 2.24) is 0 Å². The maximum Gasteiger partial charge on any atom is 0.337 e. The molecule has 0 heterocycles. The number of methoxy groups -OCH3 is 1. The molecule has 0 fully saturated rings. The number of ether oxygens (including phenoxy) is 1. The van der Waals surface area contributed by atoms with Crippen LogP contribution < -0.4 is 0 Å². The highest BCUT2D eigenvalue weighted by atomic mass is 32.2. The molecule has 6 heteroatoms. The van der Waals surface area contributed by atoms with Gasteiger partial charge in [0.25, 0.3) is 5.69 Å². The number of carbonyl (C=O) groups excluding carboxylic acids is 1. The Kier molecular flexibility index (Phi) is 6.35. The molecule has 0 aliphatic rings. The van der Waals surface area contributed by atoms with Gasteiger partial charge in [-0.15, -0.1) is 11.8 Å². The van der Waals surface area contributed by atoms with Gasteiger partial charge in [0.15, 0.2) is 0 Å². The topological polar surface area (TPSA) is 69.4 Å². The number of thioether (sulfide) groups is 1. The number of nitrogens with zero attached hydrogens (tertiary/aromatic N) is 1. The molecule has 0 amide bonds. The number of carbonyl (C=O) groups is 1. The molecule has 0 radical (unpaired) electrons. The number of unbranched alkanes of at least 4 members (excludes halogenated alkanes) is 2. The number of hydrogen-bond acceptors (Lipinski definition) is 5. The van der Waals surface area contributed by atoms with E-state index in [2.05, 4.69) is 11.7 Å². The number of esters is 1. The zero-order chi connectivity index (χ0) is 14.3. The van der Waals surface area contributed by atoms with E-state index in [1.807, 2.05) is 0 Å². The quantitative estimate of drug-likeness (QED) is 0.251. The summed E-state index contributed by atoms with van der Waals surface area (Å²) < 4.78 is 4.62. The van der Waals surface area contributed by atoms with Gasteiger partial charge in [0.2, 0.25) is 0 Å². The molecular formula is C13H17NO4S. The van der Waals surface area contributed by atoms with Crippen molar-refractivity contribution in [1.29, 1.82) is 0 Å². The fourth-order valence-corrected chi connectivity index (χ4v) is 2.63. The maximum absolute atomic E-state index is 11.4. The molecule has 0 saturated heterocycles. The third kappa shape index (κ3) is 4.55. The number of hydrogen-bond donors (Lipinski definition) is 0. The van der Waals surface area contributed by atoms with Crippen LogP contribution in [0.3, 0.4) is 0 Å². The van der Waals surface area contributed by atoms with Gasteiger partial charge in [0.05, 0.1) is 22.5 Å². The molecule has 0 aromatic heterocycles. The third-order valence-electron chi connectivity index (χ3n) is 2.58. The molecule has 0 unspecified atom stereocenters. The summed E-state index contributed by atoms with van der Waals surface area (Å²) in [4.78, 5) is 22.4. The van der Waals surface area contributed by atoms with Crippen LogP contribution in [-0.4, -0.2) is 23.8 Å². The van der Waals surface area contributed by atoms with Gasteiger partial charge in [0.1, 0.15) is 0 Å². The van der Waals surface area contributed by atoms with Gasteiger partial charge < -0.3 is 4.74 Å². The van der Waals surface area contributed by atoms with Crippen molar-refractivity contribution in [2.24, 2.45) is 0 Å². The Bertz CT molecular complexity index is 462. The Labute approximate surface area is 116 Å². The lowest BCUT2D eigenvalue weighted by Gasteiger charge is -2.05. The Morgan fingerprint density at radius 3 is 2.74 bits per heavy atom. The van der Waals surface area contributed by atoms with Crippen LogP contribution in [0.25, 0.3) is 0 Å². The number of rotatable bonds is 7. The molecule has 0 saturated carbocycles. The van der Waals surface area contributed by atoms with Gasteiger partial charge in [-0.1, -0.05) is 19.8 Å². The van der Waals surface area contributed by atoms with Crippen LogP contribution >= 0.6 is 11.8 Å².